The van der Waals surface area contributed by atoms with Crippen LogP contribution in [-0.4, -0.2) is 23.5 Å². The molecule has 0 aliphatic carbocycles. The second kappa shape index (κ2) is 3.75. The molecule has 0 aliphatic rings. The van der Waals surface area contributed by atoms with Crippen molar-refractivity contribution in [3.63, 3.8) is 0 Å². The van der Waals surface area contributed by atoms with E-state index < -0.39 is 18.4 Å². The van der Waals surface area contributed by atoms with Gasteiger partial charge in [-0.3, -0.25) is 9.59 Å². The van der Waals surface area contributed by atoms with Crippen molar-refractivity contribution in [3.05, 3.63) is 23.7 Å². The number of furan rings is 1. The first-order valence-electron chi connectivity index (χ1n) is 3.64. The first-order chi connectivity index (χ1) is 6.09. The maximum atomic E-state index is 11.1. The molecule has 0 unspecified atom stereocenters. The lowest BCUT2D eigenvalue weighted by atomic mass is 10.3. The Balaban J connectivity index is 2.54. The average Bonchev–Trinajstić information content (AvgIpc) is 2.47. The number of amides is 1. The van der Waals surface area contributed by atoms with Crippen molar-refractivity contribution in [2.75, 3.05) is 6.54 Å². The van der Waals surface area contributed by atoms with Gasteiger partial charge in [-0.25, -0.2) is 0 Å². The maximum absolute atomic E-state index is 11.1. The summed E-state index contributed by atoms with van der Waals surface area (Å²) < 4.78 is 4.85. The van der Waals surface area contributed by atoms with Gasteiger partial charge in [-0.1, -0.05) is 0 Å². The van der Waals surface area contributed by atoms with Gasteiger partial charge in [0.05, 0.1) is 6.26 Å². The highest BCUT2D eigenvalue weighted by Crippen LogP contribution is 2.05. The van der Waals surface area contributed by atoms with E-state index in [1.54, 1.807) is 6.92 Å². The van der Waals surface area contributed by atoms with E-state index in [2.05, 4.69) is 5.32 Å². The second-order valence-electron chi connectivity index (χ2n) is 2.56. The Morgan fingerprint density at radius 1 is 1.62 bits per heavy atom. The summed E-state index contributed by atoms with van der Waals surface area (Å²) in [6, 6.07) is 1.54. The van der Waals surface area contributed by atoms with Crippen LogP contribution >= 0.6 is 0 Å². The van der Waals surface area contributed by atoms with Crippen LogP contribution < -0.4 is 5.32 Å². The highest BCUT2D eigenvalue weighted by Gasteiger charge is 2.10. The molecule has 2 N–H and O–H groups in total. The van der Waals surface area contributed by atoms with E-state index in [0.29, 0.717) is 0 Å². The molecule has 1 aromatic rings. The van der Waals surface area contributed by atoms with Crippen LogP contribution in [0.25, 0.3) is 0 Å². The molecule has 0 radical (unpaired) electrons. The van der Waals surface area contributed by atoms with Crippen molar-refractivity contribution in [1.29, 1.82) is 0 Å². The van der Waals surface area contributed by atoms with Crippen molar-refractivity contribution in [2.24, 2.45) is 0 Å². The van der Waals surface area contributed by atoms with Gasteiger partial charge in [0.15, 0.2) is 5.76 Å². The summed E-state index contributed by atoms with van der Waals surface area (Å²) in [4.78, 5) is 21.2. The van der Waals surface area contributed by atoms with Gasteiger partial charge in [0.25, 0.3) is 5.91 Å². The molecule has 0 bridgehead atoms. The van der Waals surface area contributed by atoms with Crippen molar-refractivity contribution >= 4 is 11.9 Å². The molecule has 5 nitrogen and oxygen atoms in total. The summed E-state index contributed by atoms with van der Waals surface area (Å²) >= 11 is 0. The fraction of sp³-hybridized carbons (Fsp3) is 0.250. The van der Waals surface area contributed by atoms with E-state index >= 15 is 0 Å². The lowest BCUT2D eigenvalue weighted by Gasteiger charge is -1.96. The Hall–Kier alpha value is -1.78. The average molecular weight is 183 g/mol. The summed E-state index contributed by atoms with van der Waals surface area (Å²) in [5.74, 6) is -1.48. The number of carbonyl (C=O) groups is 2. The van der Waals surface area contributed by atoms with Crippen molar-refractivity contribution in [3.8, 4) is 0 Å². The molecule has 13 heavy (non-hydrogen) atoms. The number of carbonyl (C=O) groups excluding carboxylic acids is 1. The summed E-state index contributed by atoms with van der Waals surface area (Å²) in [5, 5.41) is 10.4. The van der Waals surface area contributed by atoms with E-state index in [9.17, 15) is 9.59 Å². The van der Waals surface area contributed by atoms with Crippen LogP contribution in [0.5, 0.6) is 0 Å². The van der Waals surface area contributed by atoms with Crippen LogP contribution in [0.2, 0.25) is 0 Å². The molecular formula is C8H9NO4. The Labute approximate surface area is 74.4 Å². The Bertz CT molecular complexity index is 329. The molecule has 0 aromatic carbocycles. The standard InChI is InChI=1S/C8H9NO4/c1-5-2-6(13-4-5)8(12)9-3-7(10)11/h2,4H,3H2,1H3,(H,9,12)(H,10,11). The quantitative estimate of drug-likeness (QED) is 0.710. The molecule has 0 atom stereocenters. The molecular weight excluding hydrogens is 174 g/mol. The minimum atomic E-state index is -1.09. The van der Waals surface area contributed by atoms with E-state index in [-0.39, 0.29) is 5.76 Å². The first-order valence-corrected chi connectivity index (χ1v) is 3.64. The van der Waals surface area contributed by atoms with Crippen molar-refractivity contribution in [1.82, 2.24) is 5.32 Å². The second-order valence-corrected chi connectivity index (χ2v) is 2.56. The third kappa shape index (κ3) is 2.62. The topological polar surface area (TPSA) is 79.5 Å². The predicted octanol–water partition coefficient (Wildman–Crippen LogP) is 0.402. The summed E-state index contributed by atoms with van der Waals surface area (Å²) in [6.45, 7) is 1.37. The fourth-order valence-corrected chi connectivity index (χ4v) is 0.793. The van der Waals surface area contributed by atoms with Crippen molar-refractivity contribution in [2.45, 2.75) is 6.92 Å². The van der Waals surface area contributed by atoms with Crippen LogP contribution in [0.3, 0.4) is 0 Å². The molecule has 0 saturated carbocycles. The Kier molecular flexibility index (Phi) is 2.69. The first kappa shape index (κ1) is 9.31. The molecule has 70 valence electrons. The summed E-state index contributed by atoms with van der Waals surface area (Å²) in [7, 11) is 0. The smallest absolute Gasteiger partial charge is 0.322 e. The van der Waals surface area contributed by atoms with Crippen LogP contribution in [0, 0.1) is 6.92 Å². The summed E-state index contributed by atoms with van der Waals surface area (Å²) in [6.07, 6.45) is 1.43. The zero-order valence-electron chi connectivity index (χ0n) is 7.03. The van der Waals surface area contributed by atoms with Gasteiger partial charge in [0, 0.05) is 0 Å². The molecule has 1 heterocycles. The van der Waals surface area contributed by atoms with Crippen LogP contribution in [-0.2, 0) is 4.79 Å². The van der Waals surface area contributed by atoms with Crippen LogP contribution in [0.1, 0.15) is 16.1 Å². The zero-order chi connectivity index (χ0) is 9.84. The molecule has 0 fully saturated rings. The summed E-state index contributed by atoms with van der Waals surface area (Å²) in [5.41, 5.74) is 0.820. The molecule has 1 aromatic heterocycles. The zero-order valence-corrected chi connectivity index (χ0v) is 7.03. The number of aliphatic carboxylic acids is 1. The van der Waals surface area contributed by atoms with Crippen LogP contribution in [0.4, 0.5) is 0 Å². The van der Waals surface area contributed by atoms with E-state index in [4.69, 9.17) is 9.52 Å². The van der Waals surface area contributed by atoms with Gasteiger partial charge in [0.2, 0.25) is 0 Å². The third-order valence-electron chi connectivity index (χ3n) is 1.35. The van der Waals surface area contributed by atoms with Gasteiger partial charge < -0.3 is 14.8 Å². The van der Waals surface area contributed by atoms with Gasteiger partial charge in [-0.05, 0) is 18.6 Å². The molecule has 1 amide bonds. The minimum absolute atomic E-state index is 0.124. The number of aryl methyl sites for hydroxylation is 1. The molecule has 0 saturated heterocycles. The van der Waals surface area contributed by atoms with Crippen LogP contribution in [0.15, 0.2) is 16.7 Å². The molecule has 5 heteroatoms. The Morgan fingerprint density at radius 2 is 2.31 bits per heavy atom. The number of hydrogen-bond donors (Lipinski definition) is 2. The van der Waals surface area contributed by atoms with Gasteiger partial charge >= 0.3 is 5.97 Å². The Morgan fingerprint density at radius 3 is 2.77 bits per heavy atom. The molecule has 0 spiro atoms. The van der Waals surface area contributed by atoms with Gasteiger partial charge in [-0.2, -0.15) is 0 Å². The lowest BCUT2D eigenvalue weighted by Crippen LogP contribution is -2.28. The maximum Gasteiger partial charge on any atom is 0.322 e. The number of hydrogen-bond acceptors (Lipinski definition) is 3. The van der Waals surface area contributed by atoms with E-state index in [0.717, 1.165) is 5.56 Å². The van der Waals surface area contributed by atoms with Gasteiger partial charge in [-0.15, -0.1) is 0 Å². The molecule has 0 aliphatic heterocycles. The fourth-order valence-electron chi connectivity index (χ4n) is 0.793. The van der Waals surface area contributed by atoms with E-state index in [1.807, 2.05) is 0 Å². The monoisotopic (exact) mass is 183 g/mol. The number of nitrogens with one attached hydrogen (secondary N) is 1. The SMILES string of the molecule is Cc1coc(C(=O)NCC(=O)O)c1. The highest BCUT2D eigenvalue weighted by molar-refractivity contribution is 5.93. The van der Waals surface area contributed by atoms with Crippen molar-refractivity contribution < 1.29 is 19.1 Å². The van der Waals surface area contributed by atoms with E-state index in [1.165, 1.54) is 12.3 Å². The highest BCUT2D eigenvalue weighted by atomic mass is 16.4. The predicted molar refractivity (Wildman–Crippen MR) is 43.4 cm³/mol. The number of rotatable bonds is 3. The lowest BCUT2D eigenvalue weighted by molar-refractivity contribution is -0.135. The van der Waals surface area contributed by atoms with Gasteiger partial charge in [0.1, 0.15) is 6.54 Å². The third-order valence-corrected chi connectivity index (χ3v) is 1.35. The minimum Gasteiger partial charge on any atom is -0.480 e. The normalized spacial score (nSPS) is 9.62. The number of carboxylic acid groups (broad SMARTS) is 1. The number of carboxylic acids is 1. The largest absolute Gasteiger partial charge is 0.480 e. The molecule has 1 rings (SSSR count).